The van der Waals surface area contributed by atoms with Gasteiger partial charge in [0.1, 0.15) is 11.2 Å². The van der Waals surface area contributed by atoms with E-state index < -0.39 is 0 Å². The van der Waals surface area contributed by atoms with Crippen LogP contribution in [-0.4, -0.2) is 0 Å². The number of hydrogen-bond donors (Lipinski definition) is 0. The standard InChI is InChI=1S/C54H35NO/c1-3-15-36(16-4-1)39-20-13-21-42(33-39)55(41-31-29-38(30-32-41)50-34-40-19-7-8-22-43(40)45-23-9-10-24-46(45)50)52-35-51-49-28-14-27-44(37-17-5-2-6-18-37)53(49)56-54(51)48-26-12-11-25-47(48)52/h1-35H. The fourth-order valence-corrected chi connectivity index (χ4v) is 8.60. The van der Waals surface area contributed by atoms with E-state index in [2.05, 4.69) is 217 Å². The van der Waals surface area contributed by atoms with Crippen molar-refractivity contribution in [3.63, 3.8) is 0 Å². The van der Waals surface area contributed by atoms with Gasteiger partial charge in [-0.3, -0.25) is 0 Å². The molecule has 0 saturated carbocycles. The predicted octanol–water partition coefficient (Wildman–Crippen LogP) is 15.5. The van der Waals surface area contributed by atoms with E-state index in [0.29, 0.717) is 0 Å². The minimum Gasteiger partial charge on any atom is -0.455 e. The van der Waals surface area contributed by atoms with E-state index in [9.17, 15) is 0 Å². The Kier molecular flexibility index (Phi) is 7.53. The maximum absolute atomic E-state index is 6.89. The number of para-hydroxylation sites is 1. The van der Waals surface area contributed by atoms with Gasteiger partial charge in [0.15, 0.2) is 0 Å². The molecule has 0 aliphatic heterocycles. The molecule has 0 radical (unpaired) electrons. The third kappa shape index (κ3) is 5.26. The third-order valence-electron chi connectivity index (χ3n) is 11.2. The Labute approximate surface area is 325 Å². The summed E-state index contributed by atoms with van der Waals surface area (Å²) in [5, 5.41) is 9.44. The highest BCUT2D eigenvalue weighted by Crippen LogP contribution is 2.47. The average molecular weight is 714 g/mol. The second-order valence-electron chi connectivity index (χ2n) is 14.5. The fraction of sp³-hybridized carbons (Fsp3) is 0. The molecule has 1 heterocycles. The van der Waals surface area contributed by atoms with Crippen LogP contribution in [0.4, 0.5) is 17.1 Å². The van der Waals surface area contributed by atoms with Crippen molar-refractivity contribution in [2.24, 2.45) is 0 Å². The first kappa shape index (κ1) is 32.0. The van der Waals surface area contributed by atoms with Crippen LogP contribution in [0.25, 0.3) is 87.6 Å². The van der Waals surface area contributed by atoms with E-state index in [1.54, 1.807) is 0 Å². The van der Waals surface area contributed by atoms with Gasteiger partial charge >= 0.3 is 0 Å². The first-order valence-corrected chi connectivity index (χ1v) is 19.2. The Morgan fingerprint density at radius 1 is 0.286 bits per heavy atom. The normalized spacial score (nSPS) is 11.6. The van der Waals surface area contributed by atoms with E-state index in [1.807, 2.05) is 0 Å². The van der Waals surface area contributed by atoms with Crippen LogP contribution in [0, 0.1) is 0 Å². The minimum atomic E-state index is 0.902. The fourth-order valence-electron chi connectivity index (χ4n) is 8.60. The molecule has 262 valence electrons. The van der Waals surface area contributed by atoms with Crippen LogP contribution in [0.5, 0.6) is 0 Å². The molecule has 0 aliphatic carbocycles. The lowest BCUT2D eigenvalue weighted by molar-refractivity contribution is 0.674. The highest BCUT2D eigenvalue weighted by Gasteiger charge is 2.22. The smallest absolute Gasteiger partial charge is 0.143 e. The Bertz CT molecular complexity index is 3230. The maximum atomic E-state index is 6.89. The molecule has 11 rings (SSSR count). The molecule has 0 amide bonds. The molecule has 0 unspecified atom stereocenters. The molecule has 0 fully saturated rings. The summed E-state index contributed by atoms with van der Waals surface area (Å²) in [6.07, 6.45) is 0. The van der Waals surface area contributed by atoms with E-state index in [1.165, 1.54) is 43.8 Å². The van der Waals surface area contributed by atoms with Crippen molar-refractivity contribution in [2.75, 3.05) is 4.90 Å². The summed E-state index contributed by atoms with van der Waals surface area (Å²) in [4.78, 5) is 2.41. The molecule has 11 aromatic rings. The summed E-state index contributed by atoms with van der Waals surface area (Å²) in [6.45, 7) is 0. The largest absolute Gasteiger partial charge is 0.455 e. The van der Waals surface area contributed by atoms with Crippen molar-refractivity contribution in [1.82, 2.24) is 0 Å². The van der Waals surface area contributed by atoms with Gasteiger partial charge in [0.25, 0.3) is 0 Å². The molecule has 56 heavy (non-hydrogen) atoms. The van der Waals surface area contributed by atoms with Gasteiger partial charge in [0, 0.05) is 38.5 Å². The number of fused-ring (bicyclic) bond motifs is 8. The van der Waals surface area contributed by atoms with Crippen molar-refractivity contribution in [3.05, 3.63) is 212 Å². The van der Waals surface area contributed by atoms with Gasteiger partial charge in [0.2, 0.25) is 0 Å². The average Bonchev–Trinajstić information content (AvgIpc) is 3.66. The van der Waals surface area contributed by atoms with Crippen molar-refractivity contribution < 1.29 is 4.42 Å². The van der Waals surface area contributed by atoms with E-state index in [-0.39, 0.29) is 0 Å². The molecule has 2 nitrogen and oxygen atoms in total. The molecule has 10 aromatic carbocycles. The summed E-state index contributed by atoms with van der Waals surface area (Å²) in [7, 11) is 0. The second-order valence-corrected chi connectivity index (χ2v) is 14.5. The highest BCUT2D eigenvalue weighted by molar-refractivity contribution is 6.21. The number of furan rings is 1. The molecule has 1 aromatic heterocycles. The molecule has 0 saturated heterocycles. The molecular weight excluding hydrogens is 679 g/mol. The van der Waals surface area contributed by atoms with Gasteiger partial charge in [-0.25, -0.2) is 0 Å². The Morgan fingerprint density at radius 3 is 1.64 bits per heavy atom. The van der Waals surface area contributed by atoms with Crippen LogP contribution < -0.4 is 4.90 Å². The van der Waals surface area contributed by atoms with Crippen LogP contribution >= 0.6 is 0 Å². The van der Waals surface area contributed by atoms with Crippen LogP contribution in [0.3, 0.4) is 0 Å². The number of rotatable bonds is 6. The predicted molar refractivity (Wildman–Crippen MR) is 237 cm³/mol. The molecule has 0 aliphatic rings. The lowest BCUT2D eigenvalue weighted by Gasteiger charge is -2.28. The quantitative estimate of drug-likeness (QED) is 0.160. The van der Waals surface area contributed by atoms with Crippen molar-refractivity contribution in [1.29, 1.82) is 0 Å². The lowest BCUT2D eigenvalue weighted by Crippen LogP contribution is -2.10. The maximum Gasteiger partial charge on any atom is 0.143 e. The molecule has 0 atom stereocenters. The Hall–Kier alpha value is -7.42. The second kappa shape index (κ2) is 13.2. The highest BCUT2D eigenvalue weighted by atomic mass is 16.3. The van der Waals surface area contributed by atoms with Gasteiger partial charge in [-0.15, -0.1) is 0 Å². The zero-order valence-electron chi connectivity index (χ0n) is 30.6. The van der Waals surface area contributed by atoms with Crippen LogP contribution in [-0.2, 0) is 0 Å². The summed E-state index contributed by atoms with van der Waals surface area (Å²) in [6, 6.07) is 76.4. The SMILES string of the molecule is c1ccc(-c2cccc(N(c3ccc(-c4cc5ccccc5c5ccccc45)cc3)c3cc4c5cccc(-c6ccccc6)c5oc4c4ccccc34)c2)cc1. The van der Waals surface area contributed by atoms with Gasteiger partial charge in [-0.1, -0.05) is 176 Å². The molecule has 0 bridgehead atoms. The van der Waals surface area contributed by atoms with Gasteiger partial charge in [0.05, 0.1) is 5.69 Å². The number of anilines is 3. The Morgan fingerprint density at radius 2 is 0.857 bits per heavy atom. The van der Waals surface area contributed by atoms with Gasteiger partial charge in [-0.2, -0.15) is 0 Å². The van der Waals surface area contributed by atoms with E-state index >= 15 is 0 Å². The van der Waals surface area contributed by atoms with Crippen molar-refractivity contribution >= 4 is 71.3 Å². The molecular formula is C54H35NO. The van der Waals surface area contributed by atoms with Crippen molar-refractivity contribution in [3.8, 4) is 33.4 Å². The van der Waals surface area contributed by atoms with E-state index in [4.69, 9.17) is 4.42 Å². The zero-order chi connectivity index (χ0) is 37.0. The third-order valence-corrected chi connectivity index (χ3v) is 11.2. The van der Waals surface area contributed by atoms with Crippen LogP contribution in [0.2, 0.25) is 0 Å². The lowest BCUT2D eigenvalue weighted by atomic mass is 9.93. The number of benzene rings is 10. The first-order chi connectivity index (χ1) is 27.8. The first-order valence-electron chi connectivity index (χ1n) is 19.2. The summed E-state index contributed by atoms with van der Waals surface area (Å²) in [5.41, 5.74) is 12.0. The van der Waals surface area contributed by atoms with Crippen LogP contribution in [0.15, 0.2) is 217 Å². The van der Waals surface area contributed by atoms with E-state index in [0.717, 1.165) is 60.9 Å². The van der Waals surface area contributed by atoms with Gasteiger partial charge < -0.3 is 9.32 Å². The minimum absolute atomic E-state index is 0.902. The zero-order valence-corrected chi connectivity index (χ0v) is 30.6. The summed E-state index contributed by atoms with van der Waals surface area (Å²) >= 11 is 0. The number of nitrogens with zero attached hydrogens (tertiary/aromatic N) is 1. The molecule has 0 spiro atoms. The topological polar surface area (TPSA) is 16.4 Å². The van der Waals surface area contributed by atoms with Crippen molar-refractivity contribution in [2.45, 2.75) is 0 Å². The van der Waals surface area contributed by atoms with Gasteiger partial charge in [-0.05, 0) is 85.8 Å². The Balaban J connectivity index is 1.14. The summed E-state index contributed by atoms with van der Waals surface area (Å²) in [5.74, 6) is 0. The number of hydrogen-bond acceptors (Lipinski definition) is 2. The molecule has 2 heteroatoms. The monoisotopic (exact) mass is 713 g/mol. The molecule has 0 N–H and O–H groups in total. The van der Waals surface area contributed by atoms with Crippen LogP contribution in [0.1, 0.15) is 0 Å². The summed E-state index contributed by atoms with van der Waals surface area (Å²) < 4.78 is 6.89.